The van der Waals surface area contributed by atoms with Gasteiger partial charge in [0.2, 0.25) is 0 Å². The van der Waals surface area contributed by atoms with Crippen LogP contribution in [0.2, 0.25) is 5.02 Å². The first-order valence-corrected chi connectivity index (χ1v) is 6.35. The van der Waals surface area contributed by atoms with Crippen molar-refractivity contribution in [3.8, 4) is 0 Å². The van der Waals surface area contributed by atoms with Crippen LogP contribution in [0.4, 0.5) is 4.39 Å². The number of hydrogen-bond acceptors (Lipinski definition) is 2. The summed E-state index contributed by atoms with van der Waals surface area (Å²) in [6.45, 7) is 3.53. The molecule has 1 atom stereocenters. The molecule has 0 aliphatic heterocycles. The normalized spacial score (nSPS) is 14.6. The van der Waals surface area contributed by atoms with Crippen molar-refractivity contribution in [1.29, 1.82) is 0 Å². The van der Waals surface area contributed by atoms with E-state index in [0.29, 0.717) is 5.02 Å². The van der Waals surface area contributed by atoms with Crippen LogP contribution in [0.25, 0.3) is 0 Å². The molecule has 0 aliphatic carbocycles. The molecule has 1 N–H and O–H groups in total. The molecule has 2 aromatic rings. The smallest absolute Gasteiger partial charge is 0.131 e. The van der Waals surface area contributed by atoms with Gasteiger partial charge in [0.15, 0.2) is 0 Å². The molecule has 0 aliphatic rings. The molecule has 90 valence electrons. The van der Waals surface area contributed by atoms with Crippen molar-refractivity contribution in [2.45, 2.75) is 19.4 Å². The third-order valence-electron chi connectivity index (χ3n) is 2.68. The zero-order chi connectivity index (χ0) is 12.6. The zero-order valence-electron chi connectivity index (χ0n) is 9.50. The average Bonchev–Trinajstić information content (AvgIpc) is 2.64. The minimum Gasteiger partial charge on any atom is -0.380 e. The lowest BCUT2D eigenvalue weighted by atomic mass is 9.94. The van der Waals surface area contributed by atoms with Gasteiger partial charge >= 0.3 is 0 Å². The van der Waals surface area contributed by atoms with Crippen LogP contribution in [0.1, 0.15) is 22.2 Å². The Labute approximate surface area is 108 Å². The van der Waals surface area contributed by atoms with Crippen molar-refractivity contribution in [1.82, 2.24) is 0 Å². The fourth-order valence-electron chi connectivity index (χ4n) is 1.71. The largest absolute Gasteiger partial charge is 0.380 e. The Balaban J connectivity index is 2.51. The third kappa shape index (κ3) is 2.37. The first kappa shape index (κ1) is 12.6. The predicted molar refractivity (Wildman–Crippen MR) is 69.1 cm³/mol. The van der Waals surface area contributed by atoms with Crippen LogP contribution >= 0.6 is 22.9 Å². The quantitative estimate of drug-likeness (QED) is 0.871. The highest BCUT2D eigenvalue weighted by Crippen LogP contribution is 2.35. The molecule has 17 heavy (non-hydrogen) atoms. The van der Waals surface area contributed by atoms with E-state index in [1.807, 2.05) is 19.1 Å². The van der Waals surface area contributed by atoms with Crippen LogP contribution in [-0.4, -0.2) is 5.11 Å². The van der Waals surface area contributed by atoms with Crippen LogP contribution in [0.5, 0.6) is 0 Å². The summed E-state index contributed by atoms with van der Waals surface area (Å²) < 4.78 is 13.8. The molecule has 0 saturated heterocycles. The number of aliphatic hydroxyl groups is 1. The number of halogens is 2. The maximum absolute atomic E-state index is 13.8. The van der Waals surface area contributed by atoms with Crippen LogP contribution in [0, 0.1) is 12.7 Å². The SMILES string of the molecule is Cc1ccc(C(C)(O)c2ccc(Cl)cc2F)s1. The molecular weight excluding hydrogens is 259 g/mol. The number of aryl methyl sites for hydroxylation is 1. The number of rotatable bonds is 2. The minimum absolute atomic E-state index is 0.240. The van der Waals surface area contributed by atoms with Gasteiger partial charge in [-0.15, -0.1) is 11.3 Å². The van der Waals surface area contributed by atoms with Gasteiger partial charge < -0.3 is 5.11 Å². The van der Waals surface area contributed by atoms with Gasteiger partial charge in [-0.05, 0) is 38.1 Å². The molecule has 1 heterocycles. The summed E-state index contributed by atoms with van der Waals surface area (Å²) in [6.07, 6.45) is 0. The Hall–Kier alpha value is -0.900. The van der Waals surface area contributed by atoms with Crippen LogP contribution < -0.4 is 0 Å². The number of benzene rings is 1. The van der Waals surface area contributed by atoms with E-state index >= 15 is 0 Å². The van der Waals surface area contributed by atoms with Gasteiger partial charge in [-0.25, -0.2) is 4.39 Å². The molecule has 4 heteroatoms. The summed E-state index contributed by atoms with van der Waals surface area (Å²) in [5.41, 5.74) is -1.09. The van der Waals surface area contributed by atoms with Crippen LogP contribution in [0.3, 0.4) is 0 Å². The summed E-state index contributed by atoms with van der Waals surface area (Å²) in [5.74, 6) is -0.492. The molecule has 0 bridgehead atoms. The fourth-order valence-corrected chi connectivity index (χ4v) is 2.80. The van der Waals surface area contributed by atoms with Crippen molar-refractivity contribution in [2.75, 3.05) is 0 Å². The topological polar surface area (TPSA) is 20.2 Å². The van der Waals surface area contributed by atoms with Crippen molar-refractivity contribution in [3.05, 3.63) is 56.5 Å². The van der Waals surface area contributed by atoms with Gasteiger partial charge in [-0.2, -0.15) is 0 Å². The molecule has 0 spiro atoms. The Morgan fingerprint density at radius 2 is 2.00 bits per heavy atom. The zero-order valence-corrected chi connectivity index (χ0v) is 11.1. The lowest BCUT2D eigenvalue weighted by molar-refractivity contribution is 0.102. The summed E-state index contributed by atoms with van der Waals surface area (Å²) in [4.78, 5) is 1.80. The summed E-state index contributed by atoms with van der Waals surface area (Å²) in [5, 5.41) is 10.8. The van der Waals surface area contributed by atoms with E-state index in [-0.39, 0.29) is 5.56 Å². The minimum atomic E-state index is -1.33. The summed E-state index contributed by atoms with van der Waals surface area (Å²) >= 11 is 7.15. The van der Waals surface area contributed by atoms with Gasteiger partial charge in [-0.1, -0.05) is 17.7 Å². The molecule has 1 aromatic heterocycles. The van der Waals surface area contributed by atoms with Crippen LogP contribution in [0.15, 0.2) is 30.3 Å². The monoisotopic (exact) mass is 270 g/mol. The first-order valence-electron chi connectivity index (χ1n) is 5.16. The van der Waals surface area contributed by atoms with E-state index in [9.17, 15) is 9.50 Å². The molecular formula is C13H12ClFOS. The Morgan fingerprint density at radius 3 is 2.53 bits per heavy atom. The van der Waals surface area contributed by atoms with E-state index in [2.05, 4.69) is 0 Å². The lowest BCUT2D eigenvalue weighted by Crippen LogP contribution is -2.22. The lowest BCUT2D eigenvalue weighted by Gasteiger charge is -2.23. The van der Waals surface area contributed by atoms with E-state index in [4.69, 9.17) is 11.6 Å². The van der Waals surface area contributed by atoms with Gasteiger partial charge in [0.1, 0.15) is 11.4 Å². The Bertz CT molecular complexity index is 548. The summed E-state index contributed by atoms with van der Waals surface area (Å²) in [7, 11) is 0. The number of hydrogen-bond donors (Lipinski definition) is 1. The molecule has 1 unspecified atom stereocenters. The highest BCUT2D eigenvalue weighted by Gasteiger charge is 2.30. The molecule has 2 rings (SSSR count). The Kier molecular flexibility index (Phi) is 3.25. The second-order valence-electron chi connectivity index (χ2n) is 4.11. The number of thiophene rings is 1. The van der Waals surface area contributed by atoms with Gasteiger partial charge in [0.25, 0.3) is 0 Å². The van der Waals surface area contributed by atoms with Crippen molar-refractivity contribution in [2.24, 2.45) is 0 Å². The summed E-state index contributed by atoms with van der Waals surface area (Å²) in [6, 6.07) is 8.03. The predicted octanol–water partition coefficient (Wildman–Crippen LogP) is 4.10. The standard InChI is InChI=1S/C13H12ClFOS/c1-8-3-6-12(17-8)13(2,16)10-5-4-9(14)7-11(10)15/h3-7,16H,1-2H3. The highest BCUT2D eigenvalue weighted by molar-refractivity contribution is 7.12. The fraction of sp³-hybridized carbons (Fsp3) is 0.231. The Morgan fingerprint density at radius 1 is 1.29 bits per heavy atom. The van der Waals surface area contributed by atoms with Crippen LogP contribution in [-0.2, 0) is 5.60 Å². The molecule has 0 amide bonds. The van der Waals surface area contributed by atoms with Gasteiger partial charge in [0, 0.05) is 20.3 Å². The molecule has 0 saturated carbocycles. The van der Waals surface area contributed by atoms with Gasteiger partial charge in [0.05, 0.1) is 0 Å². The third-order valence-corrected chi connectivity index (χ3v) is 4.12. The first-order chi connectivity index (χ1) is 7.91. The van der Waals surface area contributed by atoms with Gasteiger partial charge in [-0.3, -0.25) is 0 Å². The highest BCUT2D eigenvalue weighted by atomic mass is 35.5. The maximum atomic E-state index is 13.8. The molecule has 0 fully saturated rings. The van der Waals surface area contributed by atoms with E-state index in [0.717, 1.165) is 9.75 Å². The van der Waals surface area contributed by atoms with Crippen molar-refractivity contribution >= 4 is 22.9 Å². The molecule has 1 aromatic carbocycles. The maximum Gasteiger partial charge on any atom is 0.131 e. The second kappa shape index (κ2) is 4.41. The molecule has 0 radical (unpaired) electrons. The van der Waals surface area contributed by atoms with Crippen molar-refractivity contribution in [3.63, 3.8) is 0 Å². The van der Waals surface area contributed by atoms with E-state index in [1.54, 1.807) is 13.0 Å². The molecule has 1 nitrogen and oxygen atoms in total. The van der Waals surface area contributed by atoms with E-state index < -0.39 is 11.4 Å². The van der Waals surface area contributed by atoms with E-state index in [1.165, 1.54) is 23.5 Å². The second-order valence-corrected chi connectivity index (χ2v) is 5.83. The average molecular weight is 271 g/mol. The van der Waals surface area contributed by atoms with Crippen molar-refractivity contribution < 1.29 is 9.50 Å².